The fraction of sp³-hybridized carbons (Fsp3) is 0.579. The van der Waals surface area contributed by atoms with Gasteiger partial charge in [-0.3, -0.25) is 15.0 Å². The van der Waals surface area contributed by atoms with Crippen LogP contribution in [0.25, 0.3) is 0 Å². The molecule has 0 aliphatic carbocycles. The molecule has 2 aliphatic rings. The first-order valence-electron chi connectivity index (χ1n) is 8.97. The van der Waals surface area contributed by atoms with Crippen LogP contribution in [0.5, 0.6) is 0 Å². The van der Waals surface area contributed by atoms with Gasteiger partial charge in [-0.15, -0.1) is 0 Å². The molecule has 0 saturated carbocycles. The van der Waals surface area contributed by atoms with Gasteiger partial charge in [0.1, 0.15) is 5.84 Å². The van der Waals surface area contributed by atoms with Gasteiger partial charge in [0.15, 0.2) is 0 Å². The summed E-state index contributed by atoms with van der Waals surface area (Å²) in [6.45, 7) is 9.59. The molecule has 2 heterocycles. The SMILES string of the molecule is CCCCC1N=C2C=C(/C=C/C(=O)NO)C=CN2C1CNC(C)(C)C. The molecule has 0 aromatic carbocycles. The number of hydrogen-bond acceptors (Lipinski definition) is 5. The summed E-state index contributed by atoms with van der Waals surface area (Å²) >= 11 is 0. The van der Waals surface area contributed by atoms with E-state index in [2.05, 4.69) is 37.9 Å². The van der Waals surface area contributed by atoms with Crippen molar-refractivity contribution in [1.29, 1.82) is 0 Å². The van der Waals surface area contributed by atoms with Gasteiger partial charge >= 0.3 is 0 Å². The Kier molecular flexibility index (Phi) is 6.56. The second kappa shape index (κ2) is 8.45. The highest BCUT2D eigenvalue weighted by Crippen LogP contribution is 2.27. The van der Waals surface area contributed by atoms with Gasteiger partial charge in [-0.2, -0.15) is 0 Å². The standard InChI is InChI=1S/C19H30N4O2/c1-5-6-7-15-16(13-20-19(2,3)4)23-11-10-14(12-17(23)21-15)8-9-18(24)22-25/h8-12,15-16,20,25H,5-7,13H2,1-4H3,(H,22,24)/b9-8+. The maximum Gasteiger partial charge on any atom is 0.267 e. The zero-order chi connectivity index (χ0) is 18.4. The predicted octanol–water partition coefficient (Wildman–Crippen LogP) is 2.53. The number of aliphatic imine (C=N–C) groups is 1. The zero-order valence-corrected chi connectivity index (χ0v) is 15.6. The Bertz CT molecular complexity index is 599. The number of allylic oxidation sites excluding steroid dienone is 3. The van der Waals surface area contributed by atoms with Crippen LogP contribution in [0.15, 0.2) is 41.1 Å². The van der Waals surface area contributed by atoms with Crippen LogP contribution in [0.3, 0.4) is 0 Å². The van der Waals surface area contributed by atoms with Crippen LogP contribution in [0.1, 0.15) is 47.0 Å². The molecule has 0 aromatic rings. The molecule has 0 saturated heterocycles. The van der Waals surface area contributed by atoms with Gasteiger partial charge in [-0.25, -0.2) is 5.48 Å². The van der Waals surface area contributed by atoms with Gasteiger partial charge in [-0.05, 0) is 51.0 Å². The molecule has 2 atom stereocenters. The minimum atomic E-state index is -0.543. The summed E-state index contributed by atoms with van der Waals surface area (Å²) in [6, 6.07) is 0.578. The minimum absolute atomic E-state index is 0.0684. The molecule has 25 heavy (non-hydrogen) atoms. The van der Waals surface area contributed by atoms with Crippen LogP contribution in [-0.4, -0.2) is 46.0 Å². The number of nitrogens with zero attached hydrogens (tertiary/aromatic N) is 2. The first-order valence-corrected chi connectivity index (χ1v) is 8.97. The molecule has 2 unspecified atom stereocenters. The van der Waals surface area contributed by atoms with E-state index in [1.165, 1.54) is 6.08 Å². The number of rotatable bonds is 7. The van der Waals surface area contributed by atoms with E-state index in [4.69, 9.17) is 10.2 Å². The number of fused-ring (bicyclic) bond motifs is 1. The van der Waals surface area contributed by atoms with Crippen molar-refractivity contribution in [3.8, 4) is 0 Å². The fourth-order valence-electron chi connectivity index (χ4n) is 2.97. The molecule has 2 rings (SSSR count). The van der Waals surface area contributed by atoms with Gasteiger partial charge < -0.3 is 10.2 Å². The lowest BCUT2D eigenvalue weighted by atomic mass is 10.0. The molecule has 138 valence electrons. The molecule has 0 spiro atoms. The van der Waals surface area contributed by atoms with E-state index in [0.29, 0.717) is 6.04 Å². The van der Waals surface area contributed by atoms with E-state index in [9.17, 15) is 4.79 Å². The Hall–Kier alpha value is -1.92. The predicted molar refractivity (Wildman–Crippen MR) is 100 cm³/mol. The molecule has 1 amide bonds. The molecule has 6 nitrogen and oxygen atoms in total. The average Bonchev–Trinajstić information content (AvgIpc) is 2.91. The van der Waals surface area contributed by atoms with Crippen molar-refractivity contribution in [2.45, 2.75) is 64.6 Å². The van der Waals surface area contributed by atoms with Crippen molar-refractivity contribution < 1.29 is 10.0 Å². The average molecular weight is 346 g/mol. The second-order valence-electron chi connectivity index (χ2n) is 7.57. The lowest BCUT2D eigenvalue weighted by molar-refractivity contribution is -0.124. The Morgan fingerprint density at radius 2 is 2.20 bits per heavy atom. The third-order valence-corrected chi connectivity index (χ3v) is 4.32. The van der Waals surface area contributed by atoms with Crippen molar-refractivity contribution in [2.75, 3.05) is 6.54 Å². The molecule has 0 bridgehead atoms. The Morgan fingerprint density at radius 1 is 1.44 bits per heavy atom. The lowest BCUT2D eigenvalue weighted by Crippen LogP contribution is -2.48. The van der Waals surface area contributed by atoms with Crippen molar-refractivity contribution in [3.05, 3.63) is 36.1 Å². The van der Waals surface area contributed by atoms with Gasteiger partial charge in [0.05, 0.1) is 12.1 Å². The molecular weight excluding hydrogens is 316 g/mol. The summed E-state index contributed by atoms with van der Waals surface area (Å²) in [7, 11) is 0. The van der Waals surface area contributed by atoms with E-state index in [1.54, 1.807) is 11.6 Å². The third kappa shape index (κ3) is 5.54. The Balaban J connectivity index is 2.13. The topological polar surface area (TPSA) is 77.0 Å². The summed E-state index contributed by atoms with van der Waals surface area (Å²) in [6.07, 6.45) is 12.4. The molecule has 2 aliphatic heterocycles. The molecular formula is C19H30N4O2. The number of hydrogen-bond donors (Lipinski definition) is 3. The molecule has 0 aromatic heterocycles. The van der Waals surface area contributed by atoms with Crippen LogP contribution in [0.2, 0.25) is 0 Å². The van der Waals surface area contributed by atoms with Crippen molar-refractivity contribution in [3.63, 3.8) is 0 Å². The van der Waals surface area contributed by atoms with E-state index in [-0.39, 0.29) is 11.6 Å². The minimum Gasteiger partial charge on any atom is -0.327 e. The molecule has 6 heteroatoms. The number of carbonyl (C=O) groups excluding carboxylic acids is 1. The number of nitrogens with one attached hydrogen (secondary N) is 2. The summed E-state index contributed by atoms with van der Waals surface area (Å²) in [5.41, 5.74) is 2.55. The van der Waals surface area contributed by atoms with E-state index in [0.717, 1.165) is 37.2 Å². The van der Waals surface area contributed by atoms with Crippen molar-refractivity contribution in [2.24, 2.45) is 4.99 Å². The number of hydroxylamine groups is 1. The second-order valence-corrected chi connectivity index (χ2v) is 7.57. The van der Waals surface area contributed by atoms with E-state index >= 15 is 0 Å². The molecule has 0 radical (unpaired) electrons. The normalized spacial score (nSPS) is 22.8. The van der Waals surface area contributed by atoms with Gasteiger partial charge in [0.2, 0.25) is 0 Å². The van der Waals surface area contributed by atoms with Crippen LogP contribution >= 0.6 is 0 Å². The van der Waals surface area contributed by atoms with Crippen LogP contribution in [-0.2, 0) is 4.79 Å². The van der Waals surface area contributed by atoms with Crippen LogP contribution in [0.4, 0.5) is 0 Å². The first kappa shape index (κ1) is 19.4. The van der Waals surface area contributed by atoms with Crippen LogP contribution < -0.4 is 10.8 Å². The maximum atomic E-state index is 11.1. The van der Waals surface area contributed by atoms with Crippen molar-refractivity contribution >= 4 is 11.7 Å². The fourth-order valence-corrected chi connectivity index (χ4v) is 2.97. The zero-order valence-electron chi connectivity index (χ0n) is 15.6. The first-order chi connectivity index (χ1) is 11.8. The number of amidine groups is 1. The number of amides is 1. The molecule has 3 N–H and O–H groups in total. The van der Waals surface area contributed by atoms with E-state index < -0.39 is 5.91 Å². The lowest BCUT2D eigenvalue weighted by Gasteiger charge is -2.32. The monoisotopic (exact) mass is 346 g/mol. The highest BCUT2D eigenvalue weighted by molar-refractivity contribution is 5.98. The highest BCUT2D eigenvalue weighted by atomic mass is 16.5. The van der Waals surface area contributed by atoms with Crippen LogP contribution in [0, 0.1) is 0 Å². The quantitative estimate of drug-likeness (QED) is 0.376. The van der Waals surface area contributed by atoms with Gasteiger partial charge in [0, 0.05) is 24.4 Å². The highest BCUT2D eigenvalue weighted by Gasteiger charge is 2.35. The summed E-state index contributed by atoms with van der Waals surface area (Å²) in [5, 5.41) is 12.2. The van der Waals surface area contributed by atoms with Gasteiger partial charge in [-0.1, -0.05) is 19.8 Å². The Labute approximate surface area is 150 Å². The summed E-state index contributed by atoms with van der Waals surface area (Å²) in [4.78, 5) is 18.3. The number of unbranched alkanes of at least 4 members (excludes halogenated alkanes) is 1. The Morgan fingerprint density at radius 3 is 2.84 bits per heavy atom. The van der Waals surface area contributed by atoms with Gasteiger partial charge in [0.25, 0.3) is 5.91 Å². The maximum absolute atomic E-state index is 11.1. The smallest absolute Gasteiger partial charge is 0.267 e. The largest absolute Gasteiger partial charge is 0.327 e. The summed E-state index contributed by atoms with van der Waals surface area (Å²) < 4.78 is 0. The summed E-state index contributed by atoms with van der Waals surface area (Å²) in [5.74, 6) is 0.395. The van der Waals surface area contributed by atoms with Crippen molar-refractivity contribution in [1.82, 2.24) is 15.7 Å². The third-order valence-electron chi connectivity index (χ3n) is 4.32. The number of carbonyl (C=O) groups is 1. The van der Waals surface area contributed by atoms with E-state index in [1.807, 2.05) is 18.4 Å². The molecule has 0 fully saturated rings.